The Kier molecular flexibility index (Phi) is 8.66. The number of carbonyl (C=O) groups is 1. The predicted molar refractivity (Wildman–Crippen MR) is 180 cm³/mol. The second kappa shape index (κ2) is 13.5. The fourth-order valence-corrected chi connectivity index (χ4v) is 5.78. The molecule has 0 atom stereocenters. The average Bonchev–Trinajstić information content (AvgIpc) is 3.47. The van der Waals surface area contributed by atoms with Gasteiger partial charge in [-0.2, -0.15) is 0 Å². The minimum absolute atomic E-state index is 0.170. The topological polar surface area (TPSA) is 107 Å². The summed E-state index contributed by atoms with van der Waals surface area (Å²) >= 11 is 0. The third kappa shape index (κ3) is 6.87. The molecule has 7 rings (SSSR count). The molecule has 1 fully saturated rings. The summed E-state index contributed by atoms with van der Waals surface area (Å²) in [5.41, 5.74) is 7.63. The quantitative estimate of drug-likeness (QED) is 0.168. The van der Waals surface area contributed by atoms with Gasteiger partial charge in [-0.15, -0.1) is 0 Å². The highest BCUT2D eigenvalue weighted by atomic mass is 16.5. The van der Waals surface area contributed by atoms with Gasteiger partial charge in [0, 0.05) is 31.3 Å². The summed E-state index contributed by atoms with van der Waals surface area (Å²) < 4.78 is 28.2. The zero-order valence-corrected chi connectivity index (χ0v) is 26.4. The van der Waals surface area contributed by atoms with Gasteiger partial charge in [-0.1, -0.05) is 23.4 Å². The van der Waals surface area contributed by atoms with Crippen molar-refractivity contribution in [3.05, 3.63) is 108 Å². The lowest BCUT2D eigenvalue weighted by molar-refractivity contribution is 0.102. The van der Waals surface area contributed by atoms with Crippen LogP contribution in [0.4, 0.5) is 22.7 Å². The summed E-state index contributed by atoms with van der Waals surface area (Å²) in [6.07, 6.45) is 0.700. The van der Waals surface area contributed by atoms with Crippen LogP contribution in [0.25, 0.3) is 11.1 Å². The molecule has 0 radical (unpaired) electrons. The highest BCUT2D eigenvalue weighted by molar-refractivity contribution is 6.12. The van der Waals surface area contributed by atoms with Gasteiger partial charge in [-0.05, 0) is 84.3 Å². The summed E-state index contributed by atoms with van der Waals surface area (Å²) in [6.45, 7) is 5.95. The van der Waals surface area contributed by atoms with Crippen LogP contribution in [0.15, 0.2) is 89.5 Å². The lowest BCUT2D eigenvalue weighted by Crippen LogP contribution is -2.36. The molecule has 0 saturated carbocycles. The van der Waals surface area contributed by atoms with E-state index in [-0.39, 0.29) is 12.5 Å². The van der Waals surface area contributed by atoms with Crippen molar-refractivity contribution < 1.29 is 28.3 Å². The molecule has 5 aromatic rings. The number of amides is 1. The Morgan fingerprint density at radius 3 is 2.40 bits per heavy atom. The van der Waals surface area contributed by atoms with Gasteiger partial charge in [0.2, 0.25) is 0 Å². The van der Waals surface area contributed by atoms with Gasteiger partial charge in [-0.25, -0.2) is 0 Å². The minimum Gasteiger partial charge on any atom is -0.493 e. The van der Waals surface area contributed by atoms with Crippen molar-refractivity contribution in [2.45, 2.75) is 20.0 Å². The molecule has 47 heavy (non-hydrogen) atoms. The number of fused-ring (bicyclic) bond motifs is 2. The van der Waals surface area contributed by atoms with Crippen molar-refractivity contribution in [3.8, 4) is 28.4 Å². The molecular formula is C37H36N4O6. The Bertz CT molecular complexity index is 1880. The Balaban J connectivity index is 1.01. The number of rotatable bonds is 10. The van der Waals surface area contributed by atoms with Gasteiger partial charge in [0.25, 0.3) is 5.91 Å². The molecule has 10 nitrogen and oxygen atoms in total. The summed E-state index contributed by atoms with van der Waals surface area (Å²) in [7, 11) is 1.61. The second-order valence-corrected chi connectivity index (χ2v) is 11.5. The normalized spacial score (nSPS) is 13.9. The predicted octanol–water partition coefficient (Wildman–Crippen LogP) is 7.01. The molecular weight excluding hydrogens is 596 g/mol. The third-order valence-electron chi connectivity index (χ3n) is 8.29. The molecule has 0 unspecified atom stereocenters. The number of carbonyl (C=O) groups excluding carboxylic acids is 1. The van der Waals surface area contributed by atoms with E-state index >= 15 is 0 Å². The Morgan fingerprint density at radius 1 is 0.809 bits per heavy atom. The van der Waals surface area contributed by atoms with Gasteiger partial charge in [0.1, 0.15) is 23.8 Å². The van der Waals surface area contributed by atoms with Gasteiger partial charge in [-0.3, -0.25) is 4.79 Å². The number of aromatic nitrogens is 1. The van der Waals surface area contributed by atoms with E-state index in [4.69, 9.17) is 23.5 Å². The first-order chi connectivity index (χ1) is 23.0. The first-order valence-corrected chi connectivity index (χ1v) is 15.7. The summed E-state index contributed by atoms with van der Waals surface area (Å²) in [5.74, 6) is 2.58. The maximum atomic E-state index is 13.3. The largest absolute Gasteiger partial charge is 0.493 e. The summed E-state index contributed by atoms with van der Waals surface area (Å²) in [6, 6.07) is 27.6. The molecule has 4 aromatic carbocycles. The fraction of sp³-hybridized carbons (Fsp3) is 0.243. The smallest absolute Gasteiger partial charge is 0.257 e. The maximum absolute atomic E-state index is 13.3. The standard InChI is InChI=1S/C37H36N4O6/c1-24-19-28(40-47-24)23-46-35-12-5-27(22-36(35)43-2)26-4-10-31-33(21-26)38-32-11-3-25(20-34(32)39-37(31)42)13-16-45-30-8-6-29(7-9-30)41-14-17-44-18-15-41/h3-12,19-22,38H,13-18,23H2,1-2H3,(H,39,42). The first-order valence-electron chi connectivity index (χ1n) is 15.7. The number of hydrogen-bond acceptors (Lipinski definition) is 9. The molecule has 1 saturated heterocycles. The molecule has 10 heteroatoms. The molecule has 1 amide bonds. The van der Waals surface area contributed by atoms with Gasteiger partial charge in [0.15, 0.2) is 11.5 Å². The van der Waals surface area contributed by atoms with Crippen LogP contribution in [-0.2, 0) is 17.8 Å². The van der Waals surface area contributed by atoms with Crippen molar-refractivity contribution in [3.63, 3.8) is 0 Å². The molecule has 2 aliphatic rings. The maximum Gasteiger partial charge on any atom is 0.257 e. The Morgan fingerprint density at radius 2 is 1.62 bits per heavy atom. The van der Waals surface area contributed by atoms with E-state index < -0.39 is 0 Å². The highest BCUT2D eigenvalue weighted by Gasteiger charge is 2.20. The van der Waals surface area contributed by atoms with Gasteiger partial charge >= 0.3 is 0 Å². The minimum atomic E-state index is -0.170. The van der Waals surface area contributed by atoms with Gasteiger partial charge in [0.05, 0.1) is 49.6 Å². The van der Waals surface area contributed by atoms with Crippen LogP contribution in [-0.4, -0.2) is 51.1 Å². The molecule has 0 spiro atoms. The van der Waals surface area contributed by atoms with Crippen molar-refractivity contribution >= 4 is 28.7 Å². The van der Waals surface area contributed by atoms with E-state index in [1.54, 1.807) is 7.11 Å². The molecule has 240 valence electrons. The van der Waals surface area contributed by atoms with Crippen LogP contribution in [0, 0.1) is 6.92 Å². The Hall–Kier alpha value is -5.48. The zero-order chi connectivity index (χ0) is 32.2. The van der Waals surface area contributed by atoms with E-state index in [1.807, 2.05) is 73.7 Å². The summed E-state index contributed by atoms with van der Waals surface area (Å²) in [4.78, 5) is 15.6. The molecule has 3 heterocycles. The van der Waals surface area contributed by atoms with E-state index in [2.05, 4.69) is 38.9 Å². The van der Waals surface area contributed by atoms with E-state index in [0.29, 0.717) is 35.8 Å². The van der Waals surface area contributed by atoms with Crippen molar-refractivity contribution in [2.75, 3.05) is 55.6 Å². The van der Waals surface area contributed by atoms with Crippen molar-refractivity contribution in [1.29, 1.82) is 0 Å². The third-order valence-corrected chi connectivity index (χ3v) is 8.29. The number of aryl methyl sites for hydroxylation is 1. The first kappa shape index (κ1) is 30.2. The van der Waals surface area contributed by atoms with Gasteiger partial charge < -0.3 is 39.0 Å². The molecule has 0 bridgehead atoms. The number of anilines is 4. The van der Waals surface area contributed by atoms with Crippen LogP contribution in [0.1, 0.15) is 27.4 Å². The zero-order valence-electron chi connectivity index (χ0n) is 26.4. The summed E-state index contributed by atoms with van der Waals surface area (Å²) in [5, 5.41) is 10.5. The number of morpholine rings is 1. The van der Waals surface area contributed by atoms with E-state index in [0.717, 1.165) is 71.6 Å². The number of benzene rings is 4. The molecule has 0 aliphatic carbocycles. The van der Waals surface area contributed by atoms with Crippen LogP contribution in [0.3, 0.4) is 0 Å². The van der Waals surface area contributed by atoms with Crippen molar-refractivity contribution in [1.82, 2.24) is 5.16 Å². The highest BCUT2D eigenvalue weighted by Crippen LogP contribution is 2.38. The lowest BCUT2D eigenvalue weighted by Gasteiger charge is -2.28. The molecule has 2 N–H and O–H groups in total. The van der Waals surface area contributed by atoms with Crippen LogP contribution < -0.4 is 29.7 Å². The van der Waals surface area contributed by atoms with Crippen LogP contribution in [0.5, 0.6) is 17.2 Å². The number of ether oxygens (including phenoxy) is 4. The Labute approximate surface area is 273 Å². The molecule has 1 aromatic heterocycles. The van der Waals surface area contributed by atoms with E-state index in [9.17, 15) is 4.79 Å². The number of hydrogen-bond donors (Lipinski definition) is 2. The average molecular weight is 633 g/mol. The second-order valence-electron chi connectivity index (χ2n) is 11.5. The number of methoxy groups -OCH3 is 1. The van der Waals surface area contributed by atoms with Crippen LogP contribution in [0.2, 0.25) is 0 Å². The van der Waals surface area contributed by atoms with Crippen molar-refractivity contribution in [2.24, 2.45) is 0 Å². The van der Waals surface area contributed by atoms with E-state index in [1.165, 1.54) is 5.69 Å². The monoisotopic (exact) mass is 632 g/mol. The van der Waals surface area contributed by atoms with Crippen LogP contribution >= 0.6 is 0 Å². The number of nitrogens with one attached hydrogen (secondary N) is 2. The fourth-order valence-electron chi connectivity index (χ4n) is 5.78. The number of nitrogens with zero attached hydrogens (tertiary/aromatic N) is 2. The molecule has 2 aliphatic heterocycles. The SMILES string of the molecule is COc1cc(-c2ccc3c(c2)Nc2ccc(CCOc4ccc(N5CCOCC5)cc4)cc2NC3=O)ccc1OCc1cc(C)on1. The lowest BCUT2D eigenvalue weighted by atomic mass is 10.0.